The van der Waals surface area contributed by atoms with E-state index in [1.54, 1.807) is 12.1 Å². The van der Waals surface area contributed by atoms with Gasteiger partial charge in [0.2, 0.25) is 0 Å². The summed E-state index contributed by atoms with van der Waals surface area (Å²) in [5, 5.41) is 16.9. The largest absolute Gasteiger partial charge is 0.494 e. The van der Waals surface area contributed by atoms with Gasteiger partial charge in [0.15, 0.2) is 5.88 Å². The second kappa shape index (κ2) is 9.47. The molecular weight excluding hydrogens is 398 g/mol. The van der Waals surface area contributed by atoms with Crippen molar-refractivity contribution in [3.63, 3.8) is 0 Å². The first kappa shape index (κ1) is 22.7. The molecule has 0 spiro atoms. The Morgan fingerprint density at radius 1 is 1.23 bits per heavy atom. The third kappa shape index (κ3) is 6.04. The number of H-pyrrole nitrogens is 1. The van der Waals surface area contributed by atoms with Gasteiger partial charge in [-0.3, -0.25) is 24.3 Å². The van der Waals surface area contributed by atoms with Crippen LogP contribution in [0.25, 0.3) is 0 Å². The Balaban J connectivity index is 1.63. The van der Waals surface area contributed by atoms with Gasteiger partial charge in [0.05, 0.1) is 17.8 Å². The van der Waals surface area contributed by atoms with Gasteiger partial charge < -0.3 is 10.4 Å². The molecule has 9 heteroatoms. The maximum Gasteiger partial charge on any atom is 0.266 e. The molecule has 2 aromatic heterocycles. The Labute approximate surface area is 181 Å². The van der Waals surface area contributed by atoms with Crippen LogP contribution in [-0.4, -0.2) is 56.4 Å². The van der Waals surface area contributed by atoms with Gasteiger partial charge in [-0.05, 0) is 25.5 Å². The van der Waals surface area contributed by atoms with Crippen LogP contribution in [0.2, 0.25) is 0 Å². The van der Waals surface area contributed by atoms with Crippen molar-refractivity contribution < 1.29 is 9.90 Å². The van der Waals surface area contributed by atoms with Crippen LogP contribution in [0, 0.1) is 0 Å². The summed E-state index contributed by atoms with van der Waals surface area (Å²) in [5.41, 5.74) is 0.207. The first-order valence-electron chi connectivity index (χ1n) is 10.7. The number of piperidine rings is 1. The Bertz CT molecular complexity index is 1040. The number of aromatic hydroxyl groups is 1. The van der Waals surface area contributed by atoms with Crippen LogP contribution < -0.4 is 16.4 Å². The lowest BCUT2D eigenvalue weighted by molar-refractivity contribution is 0.0908. The van der Waals surface area contributed by atoms with Gasteiger partial charge in [-0.2, -0.15) is 5.10 Å². The molecule has 1 saturated heterocycles. The van der Waals surface area contributed by atoms with Gasteiger partial charge in [-0.15, -0.1) is 0 Å². The molecule has 168 valence electrons. The predicted molar refractivity (Wildman–Crippen MR) is 117 cm³/mol. The third-order valence-electron chi connectivity index (χ3n) is 5.57. The summed E-state index contributed by atoms with van der Waals surface area (Å²) in [6.07, 6.45) is 3.07. The lowest BCUT2D eigenvalue weighted by atomic mass is 9.92. The predicted octanol–water partition coefficient (Wildman–Crippen LogP) is 1.22. The molecule has 9 nitrogen and oxygen atoms in total. The topological polar surface area (TPSA) is 120 Å². The number of carbonyl (C=O) groups excluding carboxylic acids is 1. The maximum absolute atomic E-state index is 12.4. The number of likely N-dealkylation sites (tertiary alicyclic amines) is 1. The van der Waals surface area contributed by atoms with Crippen molar-refractivity contribution in [3.8, 4) is 5.88 Å². The summed E-state index contributed by atoms with van der Waals surface area (Å²) < 4.78 is 1.52. The molecule has 0 bridgehead atoms. The highest BCUT2D eigenvalue weighted by Crippen LogP contribution is 2.19. The molecule has 0 aromatic carbocycles. The number of aromatic amines is 1. The maximum atomic E-state index is 12.4. The molecule has 0 saturated carbocycles. The van der Waals surface area contributed by atoms with Crippen molar-refractivity contribution in [2.24, 2.45) is 0 Å². The van der Waals surface area contributed by atoms with E-state index in [1.807, 2.05) is 0 Å². The Morgan fingerprint density at radius 3 is 2.71 bits per heavy atom. The van der Waals surface area contributed by atoms with E-state index in [0.29, 0.717) is 19.6 Å². The monoisotopic (exact) mass is 429 g/mol. The Hall–Kier alpha value is -2.94. The van der Waals surface area contributed by atoms with Crippen LogP contribution in [0.4, 0.5) is 0 Å². The summed E-state index contributed by atoms with van der Waals surface area (Å²) in [6, 6.07) is 5.88. The normalized spacial score (nSPS) is 17.5. The van der Waals surface area contributed by atoms with Gasteiger partial charge >= 0.3 is 0 Å². The number of nitrogens with zero attached hydrogens (tertiary/aromatic N) is 3. The number of carbonyl (C=O) groups is 1. The van der Waals surface area contributed by atoms with E-state index in [9.17, 15) is 19.5 Å². The fourth-order valence-corrected chi connectivity index (χ4v) is 3.79. The summed E-state index contributed by atoms with van der Waals surface area (Å²) in [5.74, 6) is -0.741. The summed E-state index contributed by atoms with van der Waals surface area (Å²) in [7, 11) is 0. The van der Waals surface area contributed by atoms with Crippen LogP contribution in [-0.2, 0) is 12.0 Å². The fourth-order valence-electron chi connectivity index (χ4n) is 3.79. The molecule has 3 rings (SSSR count). The van der Waals surface area contributed by atoms with Gasteiger partial charge in [0.1, 0.15) is 0 Å². The molecule has 1 fully saturated rings. The Kier molecular flexibility index (Phi) is 6.94. The fraction of sp³-hybridized carbons (Fsp3) is 0.545. The number of amides is 1. The molecule has 1 unspecified atom stereocenters. The molecule has 0 radical (unpaired) electrons. The van der Waals surface area contributed by atoms with Crippen molar-refractivity contribution in [3.05, 3.63) is 56.2 Å². The minimum atomic E-state index is -0.528. The van der Waals surface area contributed by atoms with Crippen LogP contribution in [0.15, 0.2) is 33.9 Å². The molecular formula is C22H31N5O4. The average Bonchev–Trinajstić information content (AvgIpc) is 2.70. The third-order valence-corrected chi connectivity index (χ3v) is 5.57. The van der Waals surface area contributed by atoms with Gasteiger partial charge in [0.25, 0.3) is 17.0 Å². The molecule has 0 aliphatic carbocycles. The first-order chi connectivity index (χ1) is 14.6. The smallest absolute Gasteiger partial charge is 0.266 e. The Morgan fingerprint density at radius 2 is 2.00 bits per heavy atom. The van der Waals surface area contributed by atoms with Crippen molar-refractivity contribution in [2.75, 3.05) is 19.6 Å². The molecule has 1 aliphatic heterocycles. The van der Waals surface area contributed by atoms with E-state index in [4.69, 9.17) is 0 Å². The molecule has 2 aromatic rings. The minimum Gasteiger partial charge on any atom is -0.494 e. The van der Waals surface area contributed by atoms with Crippen molar-refractivity contribution in [1.82, 2.24) is 25.0 Å². The van der Waals surface area contributed by atoms with E-state index >= 15 is 0 Å². The number of hydrogen-bond acceptors (Lipinski definition) is 6. The van der Waals surface area contributed by atoms with Gasteiger partial charge in [-0.1, -0.05) is 27.2 Å². The van der Waals surface area contributed by atoms with Gasteiger partial charge in [-0.25, -0.2) is 4.68 Å². The number of nitrogens with one attached hydrogen (secondary N) is 2. The standard InChI is InChI=1S/C22H31N5O4/c1-22(2,3)17-7-8-20(30)27(25-17)11-10-26-9-5-4-6-16(26)14-23-21(31)15-12-18(28)24-19(29)13-15/h7-8,12-13,16H,4-6,9-11,14H2,1-3H3,(H,23,31)(H2,24,28,29). The first-order valence-corrected chi connectivity index (χ1v) is 10.7. The van der Waals surface area contributed by atoms with E-state index in [1.165, 1.54) is 10.7 Å². The zero-order chi connectivity index (χ0) is 22.6. The highest BCUT2D eigenvalue weighted by atomic mass is 16.3. The van der Waals surface area contributed by atoms with Crippen LogP contribution >= 0.6 is 0 Å². The SMILES string of the molecule is CC(C)(C)c1ccc(=O)n(CCN2CCCCC2CNC(=O)c2cc(O)[nH]c(=O)c2)n1. The lowest BCUT2D eigenvalue weighted by Crippen LogP contribution is -2.48. The zero-order valence-electron chi connectivity index (χ0n) is 18.4. The molecule has 1 aliphatic rings. The molecule has 1 amide bonds. The second-order valence-electron chi connectivity index (χ2n) is 9.04. The van der Waals surface area contributed by atoms with E-state index < -0.39 is 11.5 Å². The lowest BCUT2D eigenvalue weighted by Gasteiger charge is -2.35. The summed E-state index contributed by atoms with van der Waals surface area (Å²) >= 11 is 0. The van der Waals surface area contributed by atoms with Crippen LogP contribution in [0.3, 0.4) is 0 Å². The van der Waals surface area contributed by atoms with Crippen molar-refractivity contribution in [1.29, 1.82) is 0 Å². The van der Waals surface area contributed by atoms with E-state index in [2.05, 4.69) is 41.1 Å². The van der Waals surface area contributed by atoms with E-state index in [-0.39, 0.29) is 28.5 Å². The molecule has 3 heterocycles. The quantitative estimate of drug-likeness (QED) is 0.635. The highest BCUT2D eigenvalue weighted by Gasteiger charge is 2.24. The van der Waals surface area contributed by atoms with Crippen LogP contribution in [0.1, 0.15) is 56.1 Å². The highest BCUT2D eigenvalue weighted by molar-refractivity contribution is 5.94. The van der Waals surface area contributed by atoms with Gasteiger partial charge in [0, 0.05) is 42.7 Å². The number of aromatic nitrogens is 3. The number of rotatable bonds is 6. The van der Waals surface area contributed by atoms with E-state index in [0.717, 1.165) is 37.6 Å². The molecule has 1 atom stereocenters. The van der Waals surface area contributed by atoms with Crippen molar-refractivity contribution in [2.45, 2.75) is 58.0 Å². The second-order valence-corrected chi connectivity index (χ2v) is 9.04. The average molecular weight is 430 g/mol. The molecule has 3 N–H and O–H groups in total. The summed E-state index contributed by atoms with van der Waals surface area (Å²) in [6.45, 7) is 8.65. The zero-order valence-corrected chi connectivity index (χ0v) is 18.4. The number of hydrogen-bond donors (Lipinski definition) is 3. The number of pyridine rings is 1. The van der Waals surface area contributed by atoms with Crippen LogP contribution in [0.5, 0.6) is 5.88 Å². The van der Waals surface area contributed by atoms with Crippen molar-refractivity contribution >= 4 is 5.91 Å². The molecule has 31 heavy (non-hydrogen) atoms. The summed E-state index contributed by atoms with van der Waals surface area (Å²) in [4.78, 5) is 40.6. The minimum absolute atomic E-state index is 0.121.